The third-order valence-corrected chi connectivity index (χ3v) is 5.94. The Labute approximate surface area is 198 Å². The lowest BCUT2D eigenvalue weighted by Crippen LogP contribution is -2.39. The Kier molecular flexibility index (Phi) is 6.20. The number of hydrogen-bond acceptors (Lipinski definition) is 7. The Hall–Kier alpha value is -4.35. The van der Waals surface area contributed by atoms with Crippen molar-refractivity contribution in [3.8, 4) is 11.5 Å². The van der Waals surface area contributed by atoms with Crippen LogP contribution in [0, 0.1) is 20.8 Å². The average molecular weight is 479 g/mol. The van der Waals surface area contributed by atoms with Crippen LogP contribution >= 0.6 is 0 Å². The first-order chi connectivity index (χ1) is 16.6. The van der Waals surface area contributed by atoms with Crippen LogP contribution in [0.1, 0.15) is 23.6 Å². The Bertz CT molecular complexity index is 1680. The van der Waals surface area contributed by atoms with E-state index in [-0.39, 0.29) is 37.7 Å². The topological polar surface area (TPSA) is 154 Å². The van der Waals surface area contributed by atoms with Gasteiger partial charge in [-0.3, -0.25) is 28.5 Å². The van der Waals surface area contributed by atoms with E-state index in [1.165, 1.54) is 13.1 Å². The number of H-pyrrole nitrogens is 1. The van der Waals surface area contributed by atoms with Gasteiger partial charge >= 0.3 is 11.4 Å². The van der Waals surface area contributed by atoms with Crippen molar-refractivity contribution in [1.29, 1.82) is 0 Å². The second-order valence-corrected chi connectivity index (χ2v) is 8.35. The molecule has 0 atom stereocenters. The Balaban J connectivity index is 1.69. The molecule has 12 heteroatoms. The van der Waals surface area contributed by atoms with Gasteiger partial charge in [-0.1, -0.05) is 0 Å². The number of carbonyl (C=O) groups excluding carboxylic acids is 1. The van der Waals surface area contributed by atoms with E-state index in [9.17, 15) is 24.0 Å². The molecule has 1 aromatic carbocycles. The molecule has 0 spiro atoms. The zero-order chi connectivity index (χ0) is 25.4. The molecule has 2 aliphatic rings. The summed E-state index contributed by atoms with van der Waals surface area (Å²) < 4.78 is 3.84. The van der Waals surface area contributed by atoms with Gasteiger partial charge in [0, 0.05) is 31.4 Å². The molecule has 0 aliphatic carbocycles. The van der Waals surface area contributed by atoms with Gasteiger partial charge in [-0.05, 0) is 51.0 Å². The largest absolute Gasteiger partial charge is 0.353 e. The minimum atomic E-state index is -0.679. The molecular formula is C23H25N7O5. The molecule has 0 bridgehead atoms. The number of hydrogen-bond donors (Lipinski definition) is 2. The van der Waals surface area contributed by atoms with Gasteiger partial charge in [0.2, 0.25) is 5.91 Å². The van der Waals surface area contributed by atoms with Crippen LogP contribution in [0.3, 0.4) is 0 Å². The highest BCUT2D eigenvalue weighted by atomic mass is 16.2. The van der Waals surface area contributed by atoms with Crippen LogP contribution in [0.15, 0.2) is 37.5 Å². The fraction of sp³-hybridized carbons (Fsp3) is 0.348. The number of fused-ring (bicyclic) bond motifs is 2. The van der Waals surface area contributed by atoms with Gasteiger partial charge in [-0.15, -0.1) is 0 Å². The molecule has 3 heterocycles. The Morgan fingerprint density at radius 3 is 2.43 bits per heavy atom. The van der Waals surface area contributed by atoms with Crippen molar-refractivity contribution in [1.82, 2.24) is 34.0 Å². The maximum atomic E-state index is 12.9. The first-order valence-corrected chi connectivity index (χ1v) is 11.1. The van der Waals surface area contributed by atoms with E-state index in [0.717, 1.165) is 20.3 Å². The van der Waals surface area contributed by atoms with E-state index in [4.69, 9.17) is 0 Å². The molecule has 0 fully saturated rings. The van der Waals surface area contributed by atoms with Crippen LogP contribution in [0.2, 0.25) is 0 Å². The summed E-state index contributed by atoms with van der Waals surface area (Å²) in [6.45, 7) is 7.33. The van der Waals surface area contributed by atoms with E-state index in [2.05, 4.69) is 20.3 Å². The number of amides is 1. The van der Waals surface area contributed by atoms with Gasteiger partial charge in [0.15, 0.2) is 11.5 Å². The molecule has 2 N–H and O–H groups in total. The average Bonchev–Trinajstić information content (AvgIpc) is 2.79. The normalized spacial score (nSPS) is 11.3. The lowest BCUT2D eigenvalue weighted by molar-refractivity contribution is -0.121. The number of nitrogens with one attached hydrogen (secondary N) is 2. The first kappa shape index (κ1) is 23.8. The number of benzene rings is 1. The lowest BCUT2D eigenvalue weighted by atomic mass is 10.1. The fourth-order valence-corrected chi connectivity index (χ4v) is 3.89. The number of rotatable bonds is 6. The number of aryl methyl sites for hydroxylation is 3. The van der Waals surface area contributed by atoms with Gasteiger partial charge in [0.1, 0.15) is 6.54 Å². The third-order valence-electron chi connectivity index (χ3n) is 5.94. The monoisotopic (exact) mass is 479 g/mol. The predicted octanol–water partition coefficient (Wildman–Crippen LogP) is -0.330. The standard InChI is InChI=1S/C23H25N7O5/c1-5-29-21(33)18-19(26-23(29)35)30(16-9-13(3)12(2)8-15(16)25-18)7-6-24-17(31)11-28-10-14(4)20(32)27-22(28)34/h8-10H,5-7,11H2,1-4H3,(H,24,31)(H,27,32,34). The number of aromatic amines is 1. The molecule has 35 heavy (non-hydrogen) atoms. The molecule has 1 aromatic heterocycles. The van der Waals surface area contributed by atoms with Gasteiger partial charge < -0.3 is 9.88 Å². The van der Waals surface area contributed by atoms with Crippen molar-refractivity contribution in [2.45, 2.75) is 47.3 Å². The van der Waals surface area contributed by atoms with Crippen molar-refractivity contribution in [2.24, 2.45) is 0 Å². The van der Waals surface area contributed by atoms with Crippen LogP contribution in [0.5, 0.6) is 0 Å². The summed E-state index contributed by atoms with van der Waals surface area (Å²) in [5.41, 5.74) is 1.25. The summed E-state index contributed by atoms with van der Waals surface area (Å²) in [6, 6.07) is 3.77. The maximum Gasteiger partial charge on any atom is 0.352 e. The highest BCUT2D eigenvalue weighted by Crippen LogP contribution is 2.23. The maximum absolute atomic E-state index is 12.9. The van der Waals surface area contributed by atoms with Crippen LogP contribution in [-0.4, -0.2) is 41.1 Å². The van der Waals surface area contributed by atoms with Crippen molar-refractivity contribution >= 4 is 16.9 Å². The Morgan fingerprint density at radius 1 is 1.00 bits per heavy atom. The van der Waals surface area contributed by atoms with Crippen LogP contribution in [0.4, 0.5) is 0 Å². The van der Waals surface area contributed by atoms with Crippen molar-refractivity contribution in [2.75, 3.05) is 6.54 Å². The molecule has 4 rings (SSSR count). The molecule has 12 nitrogen and oxygen atoms in total. The first-order valence-electron chi connectivity index (χ1n) is 11.1. The Morgan fingerprint density at radius 2 is 1.71 bits per heavy atom. The van der Waals surface area contributed by atoms with E-state index >= 15 is 0 Å². The summed E-state index contributed by atoms with van der Waals surface area (Å²) in [7, 11) is 0. The quantitative estimate of drug-likeness (QED) is 0.359. The van der Waals surface area contributed by atoms with E-state index in [1.54, 1.807) is 11.5 Å². The van der Waals surface area contributed by atoms with Crippen molar-refractivity contribution in [3.63, 3.8) is 0 Å². The van der Waals surface area contributed by atoms with Crippen LogP contribution in [-0.2, 0) is 24.4 Å². The van der Waals surface area contributed by atoms with Gasteiger partial charge in [-0.2, -0.15) is 4.98 Å². The summed E-state index contributed by atoms with van der Waals surface area (Å²) in [5, 5.41) is 2.73. The molecular weight excluding hydrogens is 454 g/mol. The van der Waals surface area contributed by atoms with Gasteiger partial charge in [0.05, 0.1) is 11.0 Å². The number of nitrogens with zero attached hydrogens (tertiary/aromatic N) is 5. The summed E-state index contributed by atoms with van der Waals surface area (Å²) in [5.74, 6) is -0.304. The second-order valence-electron chi connectivity index (χ2n) is 8.35. The molecule has 0 radical (unpaired) electrons. The molecule has 1 amide bonds. The van der Waals surface area contributed by atoms with Crippen LogP contribution < -0.4 is 27.8 Å². The summed E-state index contributed by atoms with van der Waals surface area (Å²) in [4.78, 5) is 72.1. The summed E-state index contributed by atoms with van der Waals surface area (Å²) in [6.07, 6.45) is 1.32. The zero-order valence-corrected chi connectivity index (χ0v) is 19.8. The SMILES string of the molecule is CCn1c(=O)nc2n(CCNC(=O)Cn3cc(C)c(=O)[nH]c3=O)c3cc(C)c(C)cc3nc-2c1=O. The molecule has 0 unspecified atom stereocenters. The highest BCUT2D eigenvalue weighted by molar-refractivity contribution is 5.81. The predicted molar refractivity (Wildman–Crippen MR) is 129 cm³/mol. The van der Waals surface area contributed by atoms with E-state index < -0.39 is 28.4 Å². The van der Waals surface area contributed by atoms with E-state index in [1.807, 2.05) is 26.0 Å². The fourth-order valence-electron chi connectivity index (χ4n) is 3.89. The molecule has 0 saturated heterocycles. The minimum Gasteiger partial charge on any atom is -0.353 e. The second kappa shape index (κ2) is 9.12. The summed E-state index contributed by atoms with van der Waals surface area (Å²) >= 11 is 0. The minimum absolute atomic E-state index is 0.0730. The number of aromatic nitrogens is 6. The van der Waals surface area contributed by atoms with Gasteiger partial charge in [-0.25, -0.2) is 14.6 Å². The zero-order valence-electron chi connectivity index (χ0n) is 19.8. The molecule has 2 aromatic rings. The van der Waals surface area contributed by atoms with E-state index in [0.29, 0.717) is 16.6 Å². The lowest BCUT2D eigenvalue weighted by Gasteiger charge is -2.19. The van der Waals surface area contributed by atoms with Crippen molar-refractivity contribution < 1.29 is 4.79 Å². The smallest absolute Gasteiger partial charge is 0.352 e. The number of carbonyl (C=O) groups is 1. The van der Waals surface area contributed by atoms with Crippen molar-refractivity contribution in [3.05, 3.63) is 76.7 Å². The molecule has 2 aliphatic heterocycles. The third kappa shape index (κ3) is 4.42. The van der Waals surface area contributed by atoms with Gasteiger partial charge in [0.25, 0.3) is 11.1 Å². The molecule has 0 saturated carbocycles. The van der Waals surface area contributed by atoms with Crippen LogP contribution in [0.25, 0.3) is 22.6 Å². The highest BCUT2D eigenvalue weighted by Gasteiger charge is 2.21. The molecule has 182 valence electrons.